The van der Waals surface area contributed by atoms with Gasteiger partial charge in [-0.15, -0.1) is 11.3 Å². The molecule has 0 aliphatic heterocycles. The summed E-state index contributed by atoms with van der Waals surface area (Å²) in [5, 5.41) is 7.56. The van der Waals surface area contributed by atoms with Crippen LogP contribution in [0, 0.1) is 5.92 Å². The zero-order valence-corrected chi connectivity index (χ0v) is 13.4. The van der Waals surface area contributed by atoms with Crippen LogP contribution in [-0.4, -0.2) is 11.0 Å². The Morgan fingerprint density at radius 1 is 1.32 bits per heavy atom. The molecule has 0 saturated heterocycles. The number of aromatic nitrogens is 1. The average Bonchev–Trinajstić information content (AvgIpc) is 2.86. The Hall–Kier alpha value is -0.410. The second-order valence-electron chi connectivity index (χ2n) is 7.47. The molecule has 1 heterocycles. The molecular weight excluding hydrogens is 252 g/mol. The van der Waals surface area contributed by atoms with Crippen LogP contribution < -0.4 is 5.32 Å². The van der Waals surface area contributed by atoms with E-state index in [1.165, 1.54) is 42.8 Å². The van der Waals surface area contributed by atoms with E-state index in [9.17, 15) is 0 Å². The van der Waals surface area contributed by atoms with Crippen molar-refractivity contribution in [1.82, 2.24) is 10.3 Å². The Morgan fingerprint density at radius 3 is 2.53 bits per heavy atom. The molecule has 1 aromatic rings. The maximum Gasteiger partial charge on any atom is 0.113 e. The molecule has 2 aliphatic carbocycles. The van der Waals surface area contributed by atoms with Crippen molar-refractivity contribution in [3.63, 3.8) is 0 Å². The van der Waals surface area contributed by atoms with Crippen molar-refractivity contribution in [1.29, 1.82) is 0 Å². The number of thiazole rings is 1. The van der Waals surface area contributed by atoms with Gasteiger partial charge >= 0.3 is 0 Å². The van der Waals surface area contributed by atoms with E-state index in [0.717, 1.165) is 6.04 Å². The summed E-state index contributed by atoms with van der Waals surface area (Å²) in [6, 6.07) is 0.752. The summed E-state index contributed by atoms with van der Waals surface area (Å²) in [5.74, 6) is 0.715. The molecule has 106 valence electrons. The Labute approximate surface area is 121 Å². The SMILES string of the molecule is CC1CCCC1(NC1CC1)c1nc(C(C)(C)C)cs1. The van der Waals surface area contributed by atoms with Gasteiger partial charge in [-0.1, -0.05) is 34.1 Å². The van der Waals surface area contributed by atoms with Crippen molar-refractivity contribution in [3.8, 4) is 0 Å². The van der Waals surface area contributed by atoms with Crippen LogP contribution in [0.15, 0.2) is 5.38 Å². The highest BCUT2D eigenvalue weighted by Crippen LogP contribution is 2.47. The van der Waals surface area contributed by atoms with Gasteiger partial charge in [0, 0.05) is 16.8 Å². The fraction of sp³-hybridized carbons (Fsp3) is 0.812. The van der Waals surface area contributed by atoms with E-state index in [1.807, 2.05) is 11.3 Å². The Balaban J connectivity index is 1.93. The first-order valence-corrected chi connectivity index (χ1v) is 8.54. The van der Waals surface area contributed by atoms with E-state index in [1.54, 1.807) is 0 Å². The van der Waals surface area contributed by atoms with Gasteiger partial charge in [0.1, 0.15) is 5.01 Å². The molecule has 3 rings (SSSR count). The first-order chi connectivity index (χ1) is 8.92. The smallest absolute Gasteiger partial charge is 0.113 e. The van der Waals surface area contributed by atoms with E-state index in [4.69, 9.17) is 4.98 Å². The first-order valence-electron chi connectivity index (χ1n) is 7.66. The second kappa shape index (κ2) is 4.56. The van der Waals surface area contributed by atoms with Gasteiger partial charge in [0.2, 0.25) is 0 Å². The normalized spacial score (nSPS) is 31.9. The average molecular weight is 278 g/mol. The zero-order chi connectivity index (χ0) is 13.7. The summed E-state index contributed by atoms with van der Waals surface area (Å²) in [7, 11) is 0. The van der Waals surface area contributed by atoms with Crippen LogP contribution >= 0.6 is 11.3 Å². The van der Waals surface area contributed by atoms with Crippen LogP contribution in [0.2, 0.25) is 0 Å². The lowest BCUT2D eigenvalue weighted by molar-refractivity contribution is 0.257. The minimum Gasteiger partial charge on any atom is -0.302 e. The molecular formula is C16H26N2S. The number of rotatable bonds is 3. The van der Waals surface area contributed by atoms with Crippen molar-refractivity contribution in [2.45, 2.75) is 76.8 Å². The highest BCUT2D eigenvalue weighted by atomic mass is 32.1. The maximum absolute atomic E-state index is 5.02. The summed E-state index contributed by atoms with van der Waals surface area (Å²) < 4.78 is 0. The number of hydrogen-bond acceptors (Lipinski definition) is 3. The number of nitrogens with zero attached hydrogens (tertiary/aromatic N) is 1. The largest absolute Gasteiger partial charge is 0.302 e. The Kier molecular flexibility index (Phi) is 3.25. The molecule has 2 atom stereocenters. The van der Waals surface area contributed by atoms with E-state index < -0.39 is 0 Å². The Morgan fingerprint density at radius 2 is 2.05 bits per heavy atom. The van der Waals surface area contributed by atoms with Crippen LogP contribution in [0.25, 0.3) is 0 Å². The van der Waals surface area contributed by atoms with Crippen molar-refractivity contribution in [2.24, 2.45) is 5.92 Å². The van der Waals surface area contributed by atoms with Crippen LogP contribution in [0.4, 0.5) is 0 Å². The third kappa shape index (κ3) is 2.47. The maximum atomic E-state index is 5.02. The summed E-state index contributed by atoms with van der Waals surface area (Å²) in [5.41, 5.74) is 1.59. The minimum atomic E-state index is 0.164. The van der Waals surface area contributed by atoms with Crippen molar-refractivity contribution < 1.29 is 0 Å². The van der Waals surface area contributed by atoms with Crippen molar-refractivity contribution in [3.05, 3.63) is 16.1 Å². The predicted octanol–water partition coefficient (Wildman–Crippen LogP) is 4.21. The lowest BCUT2D eigenvalue weighted by Crippen LogP contribution is -2.45. The van der Waals surface area contributed by atoms with Gasteiger partial charge in [0.05, 0.1) is 11.2 Å². The topological polar surface area (TPSA) is 24.9 Å². The molecule has 0 aromatic carbocycles. The third-order valence-electron chi connectivity index (χ3n) is 4.74. The van der Waals surface area contributed by atoms with Gasteiger partial charge in [-0.05, 0) is 31.6 Å². The predicted molar refractivity (Wildman–Crippen MR) is 81.7 cm³/mol. The summed E-state index contributed by atoms with van der Waals surface area (Å²) in [6.07, 6.45) is 6.65. The quantitative estimate of drug-likeness (QED) is 0.896. The molecule has 0 radical (unpaired) electrons. The molecule has 0 amide bonds. The lowest BCUT2D eigenvalue weighted by atomic mass is 9.88. The summed E-state index contributed by atoms with van der Waals surface area (Å²) in [6.45, 7) is 9.17. The zero-order valence-electron chi connectivity index (χ0n) is 12.6. The fourth-order valence-electron chi connectivity index (χ4n) is 3.19. The van der Waals surface area contributed by atoms with Gasteiger partial charge in [0.15, 0.2) is 0 Å². The molecule has 0 spiro atoms. The molecule has 3 heteroatoms. The molecule has 1 N–H and O–H groups in total. The van der Waals surface area contributed by atoms with Crippen LogP contribution in [-0.2, 0) is 11.0 Å². The van der Waals surface area contributed by atoms with E-state index in [-0.39, 0.29) is 11.0 Å². The van der Waals surface area contributed by atoms with Crippen molar-refractivity contribution >= 4 is 11.3 Å². The second-order valence-corrected chi connectivity index (χ2v) is 8.33. The van der Waals surface area contributed by atoms with Crippen molar-refractivity contribution in [2.75, 3.05) is 0 Å². The minimum absolute atomic E-state index is 0.164. The van der Waals surface area contributed by atoms with E-state index in [2.05, 4.69) is 38.4 Å². The highest BCUT2D eigenvalue weighted by molar-refractivity contribution is 7.09. The molecule has 2 aliphatic rings. The van der Waals surface area contributed by atoms with Crippen LogP contribution in [0.5, 0.6) is 0 Å². The van der Waals surface area contributed by atoms with Crippen LogP contribution in [0.3, 0.4) is 0 Å². The molecule has 2 fully saturated rings. The standard InChI is InChI=1S/C16H26N2S/c1-11-6-5-9-16(11,18-12-7-8-12)14-17-13(10-19-14)15(2,3)4/h10-12,18H,5-9H2,1-4H3. The summed E-state index contributed by atoms with van der Waals surface area (Å²) >= 11 is 1.87. The van der Waals surface area contributed by atoms with E-state index in [0.29, 0.717) is 5.92 Å². The van der Waals surface area contributed by atoms with Gasteiger partial charge in [-0.25, -0.2) is 4.98 Å². The number of nitrogens with one attached hydrogen (secondary N) is 1. The van der Waals surface area contributed by atoms with Gasteiger partial charge in [0.25, 0.3) is 0 Å². The lowest BCUT2D eigenvalue weighted by Gasteiger charge is -2.33. The monoisotopic (exact) mass is 278 g/mol. The van der Waals surface area contributed by atoms with Crippen LogP contribution in [0.1, 0.15) is 70.5 Å². The highest BCUT2D eigenvalue weighted by Gasteiger charge is 2.47. The molecule has 1 aromatic heterocycles. The Bertz CT molecular complexity index is 456. The molecule has 2 saturated carbocycles. The molecule has 19 heavy (non-hydrogen) atoms. The molecule has 0 bridgehead atoms. The fourth-order valence-corrected chi connectivity index (χ4v) is 4.54. The van der Waals surface area contributed by atoms with Gasteiger partial charge < -0.3 is 5.32 Å². The van der Waals surface area contributed by atoms with Gasteiger partial charge in [-0.2, -0.15) is 0 Å². The molecule has 2 unspecified atom stereocenters. The first kappa shape index (κ1) is 13.6. The van der Waals surface area contributed by atoms with E-state index >= 15 is 0 Å². The number of hydrogen-bond donors (Lipinski definition) is 1. The summed E-state index contributed by atoms with van der Waals surface area (Å²) in [4.78, 5) is 5.02. The molecule has 2 nitrogen and oxygen atoms in total. The van der Waals surface area contributed by atoms with Gasteiger partial charge in [-0.3, -0.25) is 0 Å². The third-order valence-corrected chi connectivity index (χ3v) is 5.76.